The Balaban J connectivity index is 2.33. The molecule has 0 bridgehead atoms. The van der Waals surface area contributed by atoms with Gasteiger partial charge in [-0.15, -0.1) is 0 Å². The van der Waals surface area contributed by atoms with Crippen LogP contribution in [0.3, 0.4) is 0 Å². The molecule has 2 radical (unpaired) electrons. The fourth-order valence-electron chi connectivity index (χ4n) is 3.41. The van der Waals surface area contributed by atoms with Gasteiger partial charge in [0.25, 0.3) is 0 Å². The van der Waals surface area contributed by atoms with E-state index in [-0.39, 0.29) is 0 Å². The number of hydrogen-bond donors (Lipinski definition) is 0. The van der Waals surface area contributed by atoms with Crippen LogP contribution in [0.15, 0.2) is 60.7 Å². The number of rotatable bonds is 0. The monoisotopic (exact) mass is 250 g/mol. The summed E-state index contributed by atoms with van der Waals surface area (Å²) in [6.45, 7) is 0. The van der Waals surface area contributed by atoms with E-state index in [1.807, 2.05) is 0 Å². The summed E-state index contributed by atoms with van der Waals surface area (Å²) in [4.78, 5) is 0. The normalized spacial score (nSPS) is 12.0. The van der Waals surface area contributed by atoms with Crippen LogP contribution in [-0.4, -0.2) is 0 Å². The molecule has 0 nitrogen and oxygen atoms in total. The second-order valence-corrected chi connectivity index (χ2v) is 5.26. The lowest BCUT2D eigenvalue weighted by Crippen LogP contribution is -1.86. The Hall–Kier alpha value is -2.60. The van der Waals surface area contributed by atoms with Crippen LogP contribution >= 0.6 is 0 Å². The predicted molar refractivity (Wildman–Crippen MR) is 85.3 cm³/mol. The van der Waals surface area contributed by atoms with E-state index < -0.39 is 0 Å². The summed E-state index contributed by atoms with van der Waals surface area (Å²) in [6.07, 6.45) is 0. The quantitative estimate of drug-likeness (QED) is 0.257. The number of fused-ring (bicyclic) bond motifs is 3. The summed E-state index contributed by atoms with van der Waals surface area (Å²) < 4.78 is 0. The Labute approximate surface area is 116 Å². The molecule has 5 aromatic rings. The fourth-order valence-corrected chi connectivity index (χ4v) is 3.41. The molecule has 0 unspecified atom stereocenters. The molecule has 0 aliphatic carbocycles. The largest absolute Gasteiger partial charge is 0.0616 e. The zero-order chi connectivity index (χ0) is 13.1. The van der Waals surface area contributed by atoms with Crippen molar-refractivity contribution in [3.63, 3.8) is 0 Å². The molecule has 0 heteroatoms. The summed E-state index contributed by atoms with van der Waals surface area (Å²) in [5, 5.41) is 10.3. The first-order valence-electron chi connectivity index (χ1n) is 6.81. The van der Waals surface area contributed by atoms with Gasteiger partial charge >= 0.3 is 0 Å². The van der Waals surface area contributed by atoms with E-state index in [0.29, 0.717) is 0 Å². The Morgan fingerprint density at radius 1 is 0.600 bits per heavy atom. The second-order valence-electron chi connectivity index (χ2n) is 5.26. The van der Waals surface area contributed by atoms with Gasteiger partial charge in [-0.2, -0.15) is 0 Å². The molecule has 0 heterocycles. The highest BCUT2D eigenvalue weighted by atomic mass is 14.1. The minimum absolute atomic E-state index is 1.15. The molecule has 0 saturated heterocycles. The maximum Gasteiger partial charge on any atom is -0.00134 e. The van der Waals surface area contributed by atoms with Gasteiger partial charge in [0, 0.05) is 0 Å². The standard InChI is InChI=1S/C20H10/c1-2-8-16-15(7-1)17-9-3-5-13-11-12-14-6-4-10-18(16)20(14)19(13)17/h1-3,5,7-12H. The lowest BCUT2D eigenvalue weighted by Gasteiger charge is -2.13. The fraction of sp³-hybridized carbons (Fsp3) is 0. The van der Waals surface area contributed by atoms with Gasteiger partial charge in [-0.05, 0) is 61.3 Å². The molecule has 0 N–H and O–H groups in total. The second kappa shape index (κ2) is 3.49. The molecular weight excluding hydrogens is 240 g/mol. The van der Waals surface area contributed by atoms with Gasteiger partial charge in [0.05, 0.1) is 0 Å². The molecule has 20 heavy (non-hydrogen) atoms. The molecule has 0 aliphatic heterocycles. The van der Waals surface area contributed by atoms with E-state index in [1.165, 1.54) is 37.7 Å². The Bertz CT molecular complexity index is 998. The van der Waals surface area contributed by atoms with Gasteiger partial charge in [0.1, 0.15) is 0 Å². The summed E-state index contributed by atoms with van der Waals surface area (Å²) >= 11 is 0. The van der Waals surface area contributed by atoms with Crippen LogP contribution in [-0.2, 0) is 0 Å². The third-order valence-electron chi connectivity index (χ3n) is 4.25. The Morgan fingerprint density at radius 2 is 1.40 bits per heavy atom. The molecular formula is C20H10. The van der Waals surface area contributed by atoms with Crippen LogP contribution in [0.4, 0.5) is 0 Å². The zero-order valence-electron chi connectivity index (χ0n) is 10.8. The molecule has 0 spiro atoms. The SMILES string of the molecule is [c]1[c]c2ccc3cccc4c5ccccc5c(c1)c2c34. The molecule has 0 amide bonds. The highest BCUT2D eigenvalue weighted by Crippen LogP contribution is 2.39. The molecule has 0 aliphatic rings. The number of benzene rings is 5. The van der Waals surface area contributed by atoms with Gasteiger partial charge in [0.15, 0.2) is 0 Å². The van der Waals surface area contributed by atoms with Gasteiger partial charge in [0.2, 0.25) is 0 Å². The molecule has 0 fully saturated rings. The van der Waals surface area contributed by atoms with Crippen LogP contribution in [0.25, 0.3) is 43.1 Å². The summed E-state index contributed by atoms with van der Waals surface area (Å²) in [7, 11) is 0. The van der Waals surface area contributed by atoms with E-state index >= 15 is 0 Å². The van der Waals surface area contributed by atoms with E-state index in [1.54, 1.807) is 0 Å². The summed E-state index contributed by atoms with van der Waals surface area (Å²) in [6, 6.07) is 28.0. The third kappa shape index (κ3) is 1.12. The maximum atomic E-state index is 3.25. The molecule has 0 saturated carbocycles. The van der Waals surface area contributed by atoms with Crippen molar-refractivity contribution in [1.82, 2.24) is 0 Å². The van der Waals surface area contributed by atoms with Crippen molar-refractivity contribution in [3.8, 4) is 0 Å². The van der Waals surface area contributed by atoms with Crippen molar-refractivity contribution in [2.75, 3.05) is 0 Å². The predicted octanol–water partition coefficient (Wildman–Crippen LogP) is 5.34. The molecule has 0 atom stereocenters. The molecule has 90 valence electrons. The van der Waals surface area contributed by atoms with Crippen molar-refractivity contribution in [2.45, 2.75) is 0 Å². The van der Waals surface area contributed by atoms with Crippen molar-refractivity contribution < 1.29 is 0 Å². The van der Waals surface area contributed by atoms with Gasteiger partial charge in [-0.25, -0.2) is 0 Å². The molecule has 5 rings (SSSR count). The minimum Gasteiger partial charge on any atom is -0.0616 e. The van der Waals surface area contributed by atoms with Gasteiger partial charge in [-0.3, -0.25) is 0 Å². The highest BCUT2D eigenvalue weighted by Gasteiger charge is 2.11. The van der Waals surface area contributed by atoms with Crippen molar-refractivity contribution >= 4 is 43.1 Å². The zero-order valence-corrected chi connectivity index (χ0v) is 10.8. The lowest BCUT2D eigenvalue weighted by atomic mass is 9.89. The van der Waals surface area contributed by atoms with Gasteiger partial charge < -0.3 is 0 Å². The van der Waals surface area contributed by atoms with Crippen LogP contribution in [0.5, 0.6) is 0 Å². The van der Waals surface area contributed by atoms with Crippen LogP contribution in [0.1, 0.15) is 0 Å². The van der Waals surface area contributed by atoms with E-state index in [9.17, 15) is 0 Å². The Kier molecular flexibility index (Phi) is 1.78. The molecule has 0 aromatic heterocycles. The average molecular weight is 250 g/mol. The first-order valence-corrected chi connectivity index (χ1v) is 6.81. The average Bonchev–Trinajstić information content (AvgIpc) is 2.53. The first kappa shape index (κ1) is 10.2. The smallest absolute Gasteiger partial charge is 0.00134 e. The number of hydrogen-bond acceptors (Lipinski definition) is 0. The lowest BCUT2D eigenvalue weighted by molar-refractivity contribution is 1.77. The van der Waals surface area contributed by atoms with Crippen LogP contribution < -0.4 is 0 Å². The van der Waals surface area contributed by atoms with Crippen molar-refractivity contribution in [1.29, 1.82) is 0 Å². The Morgan fingerprint density at radius 3 is 2.30 bits per heavy atom. The van der Waals surface area contributed by atoms with Crippen LogP contribution in [0, 0.1) is 12.1 Å². The van der Waals surface area contributed by atoms with Crippen LogP contribution in [0.2, 0.25) is 0 Å². The van der Waals surface area contributed by atoms with E-state index in [0.717, 1.165) is 5.39 Å². The summed E-state index contributed by atoms with van der Waals surface area (Å²) in [5.41, 5.74) is 0. The van der Waals surface area contributed by atoms with Crippen molar-refractivity contribution in [3.05, 3.63) is 72.8 Å². The minimum atomic E-state index is 1.15. The van der Waals surface area contributed by atoms with Crippen molar-refractivity contribution in [2.24, 2.45) is 0 Å². The highest BCUT2D eigenvalue weighted by molar-refractivity contribution is 6.33. The topological polar surface area (TPSA) is 0 Å². The van der Waals surface area contributed by atoms with Gasteiger partial charge in [-0.1, -0.05) is 54.6 Å². The maximum absolute atomic E-state index is 3.25. The molecule has 5 aromatic carbocycles. The van der Waals surface area contributed by atoms with E-state index in [2.05, 4.69) is 72.8 Å². The summed E-state index contributed by atoms with van der Waals surface area (Å²) in [5.74, 6) is 0. The third-order valence-corrected chi connectivity index (χ3v) is 4.25. The first-order chi connectivity index (χ1) is 9.93. The van der Waals surface area contributed by atoms with E-state index in [4.69, 9.17) is 0 Å².